The minimum Gasteiger partial charge on any atom is -0.445 e. The molecule has 0 saturated heterocycles. The van der Waals surface area contributed by atoms with E-state index in [2.05, 4.69) is 10.6 Å². The fourth-order valence-electron chi connectivity index (χ4n) is 2.45. The highest BCUT2D eigenvalue weighted by molar-refractivity contribution is 5.93. The number of rotatable bonds is 8. The van der Waals surface area contributed by atoms with Crippen molar-refractivity contribution in [2.75, 3.05) is 13.6 Å². The number of hydrogen-bond acceptors (Lipinski definition) is 5. The first-order chi connectivity index (χ1) is 13.0. The Balaban J connectivity index is 1.73. The van der Waals surface area contributed by atoms with Crippen molar-refractivity contribution in [2.45, 2.75) is 25.2 Å². The molecule has 0 saturated carbocycles. The first-order valence-corrected chi connectivity index (χ1v) is 8.64. The van der Waals surface area contributed by atoms with Crippen LogP contribution in [0.3, 0.4) is 0 Å². The summed E-state index contributed by atoms with van der Waals surface area (Å²) in [6.07, 6.45) is -2.62. The minimum absolute atomic E-state index is 0.152. The number of benzene rings is 2. The molecular formula is C20H24N2O5. The van der Waals surface area contributed by atoms with Gasteiger partial charge in [0, 0.05) is 19.2 Å². The number of ether oxygens (including phenoxy) is 1. The predicted molar refractivity (Wildman–Crippen MR) is 100 cm³/mol. The summed E-state index contributed by atoms with van der Waals surface area (Å²) in [5, 5.41) is 25.3. The van der Waals surface area contributed by atoms with E-state index >= 15 is 0 Å². The average molecular weight is 372 g/mol. The van der Waals surface area contributed by atoms with Crippen LogP contribution >= 0.6 is 0 Å². The molecule has 2 atom stereocenters. The zero-order chi connectivity index (χ0) is 19.6. The number of hydrogen-bond donors (Lipinski definition) is 4. The van der Waals surface area contributed by atoms with Crippen LogP contribution in [0.2, 0.25) is 0 Å². The van der Waals surface area contributed by atoms with Crippen LogP contribution in [0, 0.1) is 0 Å². The fraction of sp³-hybridized carbons (Fsp3) is 0.300. The maximum atomic E-state index is 11.7. The van der Waals surface area contributed by atoms with Gasteiger partial charge in [-0.25, -0.2) is 4.79 Å². The largest absolute Gasteiger partial charge is 0.445 e. The smallest absolute Gasteiger partial charge is 0.407 e. The van der Waals surface area contributed by atoms with Gasteiger partial charge in [0.05, 0.1) is 6.10 Å². The van der Waals surface area contributed by atoms with Gasteiger partial charge in [0.25, 0.3) is 5.91 Å². The molecule has 0 aliphatic carbocycles. The number of aliphatic hydroxyl groups is 2. The topological polar surface area (TPSA) is 108 Å². The van der Waals surface area contributed by atoms with Gasteiger partial charge >= 0.3 is 6.09 Å². The fourth-order valence-corrected chi connectivity index (χ4v) is 2.45. The van der Waals surface area contributed by atoms with Crippen molar-refractivity contribution in [3.05, 3.63) is 71.3 Å². The van der Waals surface area contributed by atoms with Crippen LogP contribution in [0.5, 0.6) is 0 Å². The lowest BCUT2D eigenvalue weighted by atomic mass is 10.0. The van der Waals surface area contributed by atoms with Gasteiger partial charge in [0.1, 0.15) is 12.7 Å². The summed E-state index contributed by atoms with van der Waals surface area (Å²) in [5.74, 6) is -0.227. The van der Waals surface area contributed by atoms with E-state index in [1.54, 1.807) is 24.3 Å². The van der Waals surface area contributed by atoms with Gasteiger partial charge in [-0.1, -0.05) is 42.5 Å². The van der Waals surface area contributed by atoms with Gasteiger partial charge in [-0.3, -0.25) is 4.79 Å². The summed E-state index contributed by atoms with van der Waals surface area (Å²) >= 11 is 0. The van der Waals surface area contributed by atoms with Gasteiger partial charge in [-0.05, 0) is 29.7 Å². The molecule has 0 fully saturated rings. The lowest BCUT2D eigenvalue weighted by molar-refractivity contribution is 0.0136. The van der Waals surface area contributed by atoms with E-state index in [9.17, 15) is 19.8 Å². The summed E-state index contributed by atoms with van der Waals surface area (Å²) in [5.41, 5.74) is 1.83. The zero-order valence-electron chi connectivity index (χ0n) is 15.1. The Bertz CT molecular complexity index is 734. The zero-order valence-corrected chi connectivity index (χ0v) is 15.1. The first-order valence-electron chi connectivity index (χ1n) is 8.64. The van der Waals surface area contributed by atoms with Crippen LogP contribution in [0.15, 0.2) is 54.6 Å². The highest BCUT2D eigenvalue weighted by Gasteiger charge is 2.19. The Kier molecular flexibility index (Phi) is 7.79. The van der Waals surface area contributed by atoms with Crippen LogP contribution in [-0.4, -0.2) is 41.9 Å². The van der Waals surface area contributed by atoms with Gasteiger partial charge < -0.3 is 25.6 Å². The molecule has 0 heterocycles. The standard InChI is InChI=1S/C20H24N2O5/c1-21-19(25)16-9-7-15(8-10-16)18(24)17(23)11-12-22-20(26)27-13-14-5-3-2-4-6-14/h2-10,17-18,23-24H,11-13H2,1H3,(H,21,25)(H,22,26). The van der Waals surface area contributed by atoms with Crippen molar-refractivity contribution in [1.82, 2.24) is 10.6 Å². The van der Waals surface area contributed by atoms with E-state index in [0.29, 0.717) is 11.1 Å². The second kappa shape index (κ2) is 10.3. The summed E-state index contributed by atoms with van der Waals surface area (Å²) in [4.78, 5) is 23.2. The third-order valence-corrected chi connectivity index (χ3v) is 4.03. The molecule has 0 aliphatic rings. The molecule has 0 aromatic heterocycles. The van der Waals surface area contributed by atoms with E-state index in [0.717, 1.165) is 5.56 Å². The van der Waals surface area contributed by atoms with Crippen molar-refractivity contribution < 1.29 is 24.5 Å². The predicted octanol–water partition coefficient (Wildman–Crippen LogP) is 1.76. The average Bonchev–Trinajstić information content (AvgIpc) is 2.72. The van der Waals surface area contributed by atoms with E-state index < -0.39 is 18.3 Å². The van der Waals surface area contributed by atoms with Gasteiger partial charge in [-0.2, -0.15) is 0 Å². The van der Waals surface area contributed by atoms with Crippen molar-refractivity contribution in [1.29, 1.82) is 0 Å². The molecule has 7 nitrogen and oxygen atoms in total. The molecule has 2 unspecified atom stereocenters. The molecule has 0 spiro atoms. The van der Waals surface area contributed by atoms with E-state index in [4.69, 9.17) is 4.74 Å². The molecule has 0 aliphatic heterocycles. The van der Waals surface area contributed by atoms with Gasteiger partial charge in [0.15, 0.2) is 0 Å². The van der Waals surface area contributed by atoms with Crippen LogP contribution in [0.1, 0.15) is 34.0 Å². The molecule has 7 heteroatoms. The molecule has 0 bridgehead atoms. The monoisotopic (exact) mass is 372 g/mol. The summed E-state index contributed by atoms with van der Waals surface area (Å²) in [6, 6.07) is 15.6. The van der Waals surface area contributed by atoms with Gasteiger partial charge in [0.2, 0.25) is 0 Å². The highest BCUT2D eigenvalue weighted by atomic mass is 16.5. The normalized spacial score (nSPS) is 12.7. The van der Waals surface area contributed by atoms with Crippen LogP contribution in [0.25, 0.3) is 0 Å². The number of amides is 2. The van der Waals surface area contributed by atoms with Crippen molar-refractivity contribution in [3.63, 3.8) is 0 Å². The Morgan fingerprint density at radius 2 is 1.70 bits per heavy atom. The van der Waals surface area contributed by atoms with E-state index in [-0.39, 0.29) is 25.5 Å². The van der Waals surface area contributed by atoms with Crippen LogP contribution in [0.4, 0.5) is 4.79 Å². The SMILES string of the molecule is CNC(=O)c1ccc(C(O)C(O)CCNC(=O)OCc2ccccc2)cc1. The van der Waals surface area contributed by atoms with Gasteiger partial charge in [-0.15, -0.1) is 0 Å². The van der Waals surface area contributed by atoms with Crippen molar-refractivity contribution >= 4 is 12.0 Å². The number of nitrogens with one attached hydrogen (secondary N) is 2. The number of alkyl carbamates (subject to hydrolysis) is 1. The first kappa shape index (κ1) is 20.4. The quantitative estimate of drug-likeness (QED) is 0.565. The molecule has 144 valence electrons. The Hall–Kier alpha value is -2.90. The van der Waals surface area contributed by atoms with Crippen LogP contribution in [-0.2, 0) is 11.3 Å². The number of carbonyl (C=O) groups excluding carboxylic acids is 2. The third kappa shape index (κ3) is 6.40. The number of carbonyl (C=O) groups is 2. The molecule has 2 aromatic rings. The molecule has 2 rings (SSSR count). The Morgan fingerprint density at radius 3 is 2.33 bits per heavy atom. The maximum absolute atomic E-state index is 11.7. The second-order valence-corrected chi connectivity index (χ2v) is 5.99. The van der Waals surface area contributed by atoms with Crippen molar-refractivity contribution in [3.8, 4) is 0 Å². The highest BCUT2D eigenvalue weighted by Crippen LogP contribution is 2.19. The minimum atomic E-state index is -1.12. The van der Waals surface area contributed by atoms with E-state index in [1.165, 1.54) is 7.05 Å². The molecular weight excluding hydrogens is 348 g/mol. The summed E-state index contributed by atoms with van der Waals surface area (Å²) in [6.45, 7) is 0.317. The summed E-state index contributed by atoms with van der Waals surface area (Å²) in [7, 11) is 1.53. The third-order valence-electron chi connectivity index (χ3n) is 4.03. The number of aliphatic hydroxyl groups excluding tert-OH is 2. The molecule has 0 radical (unpaired) electrons. The lowest BCUT2D eigenvalue weighted by Gasteiger charge is -2.18. The van der Waals surface area contributed by atoms with Crippen LogP contribution < -0.4 is 10.6 Å². The molecule has 2 amide bonds. The molecule has 4 N–H and O–H groups in total. The van der Waals surface area contributed by atoms with Crippen molar-refractivity contribution in [2.24, 2.45) is 0 Å². The second-order valence-electron chi connectivity index (χ2n) is 5.99. The summed E-state index contributed by atoms with van der Waals surface area (Å²) < 4.78 is 5.07. The Morgan fingerprint density at radius 1 is 1.04 bits per heavy atom. The van der Waals surface area contributed by atoms with E-state index in [1.807, 2.05) is 30.3 Å². The maximum Gasteiger partial charge on any atom is 0.407 e. The lowest BCUT2D eigenvalue weighted by Crippen LogP contribution is -2.29. The Labute approximate surface area is 158 Å². The molecule has 2 aromatic carbocycles. The molecule has 27 heavy (non-hydrogen) atoms.